The quantitative estimate of drug-likeness (QED) is 0.226. The van der Waals surface area contributed by atoms with Gasteiger partial charge in [-0.1, -0.05) is 57.7 Å². The third kappa shape index (κ3) is 4.29. The number of hydrogen-bond acceptors (Lipinski definition) is 7. The normalized spacial score (nSPS) is 38.1. The van der Waals surface area contributed by atoms with Gasteiger partial charge in [-0.05, 0) is 61.5 Å². The molecule has 3 aliphatic rings. The lowest BCUT2D eigenvalue weighted by atomic mass is 9.44. The lowest BCUT2D eigenvalue weighted by Gasteiger charge is -2.61. The number of rotatable bonds is 5. The molecule has 0 spiro atoms. The van der Waals surface area contributed by atoms with Gasteiger partial charge in [-0.2, -0.15) is 0 Å². The molecule has 2 aromatic rings. The lowest BCUT2D eigenvalue weighted by molar-refractivity contribution is -0.205. The van der Waals surface area contributed by atoms with Gasteiger partial charge in [-0.3, -0.25) is 14.4 Å². The standard InChI is InChI=1S/C31H40N2O5S/c1-7-29(5)15-22(30(6)18(3)11-13-31(19(4)26(29)36)14-12-21(34)25(30)31)38-23(35)16-39-28-32-20-10-8-9-17(2)24(20)27(37)33-28/h7-10,18-19,22,25-26,36H,1,11-16H2,2-6H3,(H,32,33,37)/t18-,19+,22-,25+,26+,29-,30+,31+/m1/s1. The van der Waals surface area contributed by atoms with Gasteiger partial charge in [0.15, 0.2) is 5.16 Å². The van der Waals surface area contributed by atoms with E-state index in [0.29, 0.717) is 28.9 Å². The van der Waals surface area contributed by atoms with Crippen molar-refractivity contribution >= 4 is 34.4 Å². The second kappa shape index (κ2) is 9.88. The van der Waals surface area contributed by atoms with Crippen LogP contribution in [-0.4, -0.2) is 44.8 Å². The number of carbonyl (C=O) groups excluding carboxylic acids is 2. The molecular formula is C31H40N2O5S. The van der Waals surface area contributed by atoms with Crippen molar-refractivity contribution in [1.29, 1.82) is 0 Å². The number of H-pyrrole nitrogens is 1. The van der Waals surface area contributed by atoms with Crippen LogP contribution in [-0.2, 0) is 14.3 Å². The van der Waals surface area contributed by atoms with Crippen LogP contribution in [0.5, 0.6) is 0 Å². The smallest absolute Gasteiger partial charge is 0.316 e. The molecule has 7 nitrogen and oxygen atoms in total. The van der Waals surface area contributed by atoms with E-state index in [9.17, 15) is 19.5 Å². The van der Waals surface area contributed by atoms with Crippen LogP contribution in [0.2, 0.25) is 0 Å². The van der Waals surface area contributed by atoms with Gasteiger partial charge in [-0.25, -0.2) is 4.98 Å². The molecule has 3 saturated carbocycles. The fourth-order valence-electron chi connectivity index (χ4n) is 8.23. The summed E-state index contributed by atoms with van der Waals surface area (Å²) in [5.41, 5.74) is -0.359. The Morgan fingerprint density at radius 1 is 1.28 bits per heavy atom. The summed E-state index contributed by atoms with van der Waals surface area (Å²) in [6.45, 7) is 14.3. The molecule has 0 amide bonds. The molecule has 8 heteroatoms. The molecule has 0 aliphatic heterocycles. The number of ketones is 1. The average Bonchev–Trinajstić information content (AvgIpc) is 3.26. The number of aryl methyl sites for hydroxylation is 1. The third-order valence-corrected chi connectivity index (χ3v) is 11.7. The van der Waals surface area contributed by atoms with Gasteiger partial charge in [0.1, 0.15) is 11.9 Å². The number of esters is 1. The van der Waals surface area contributed by atoms with Crippen LogP contribution >= 0.6 is 11.8 Å². The maximum absolute atomic E-state index is 13.5. The Balaban J connectivity index is 1.45. The molecule has 5 rings (SSSR count). The summed E-state index contributed by atoms with van der Waals surface area (Å²) >= 11 is 1.13. The number of aliphatic hydroxyl groups excluding tert-OH is 1. The Bertz CT molecular complexity index is 1390. The first-order chi connectivity index (χ1) is 18.4. The van der Waals surface area contributed by atoms with Gasteiger partial charge >= 0.3 is 5.97 Å². The summed E-state index contributed by atoms with van der Waals surface area (Å²) in [6, 6.07) is 5.50. The summed E-state index contributed by atoms with van der Waals surface area (Å²) < 4.78 is 6.29. The van der Waals surface area contributed by atoms with Crippen LogP contribution in [0.3, 0.4) is 0 Å². The van der Waals surface area contributed by atoms with Crippen LogP contribution < -0.4 is 5.56 Å². The van der Waals surface area contributed by atoms with E-state index in [1.165, 1.54) is 0 Å². The molecule has 1 aromatic carbocycles. The summed E-state index contributed by atoms with van der Waals surface area (Å²) in [5.74, 6) is -0.401. The second-order valence-corrected chi connectivity index (χ2v) is 13.7. The number of aliphatic hydroxyl groups is 1. The highest BCUT2D eigenvalue weighted by Gasteiger charge is 2.68. The highest BCUT2D eigenvalue weighted by Crippen LogP contribution is 2.68. The molecule has 8 atom stereocenters. The van der Waals surface area contributed by atoms with E-state index in [2.05, 4.69) is 37.3 Å². The number of nitrogens with zero attached hydrogens (tertiary/aromatic N) is 1. The van der Waals surface area contributed by atoms with Gasteiger partial charge in [-0.15, -0.1) is 6.58 Å². The van der Waals surface area contributed by atoms with Crippen LogP contribution in [0.15, 0.2) is 40.8 Å². The van der Waals surface area contributed by atoms with E-state index >= 15 is 0 Å². The number of benzene rings is 1. The van der Waals surface area contributed by atoms with Crippen molar-refractivity contribution < 1.29 is 19.4 Å². The monoisotopic (exact) mass is 552 g/mol. The van der Waals surface area contributed by atoms with Crippen LogP contribution in [0.1, 0.15) is 65.4 Å². The largest absolute Gasteiger partial charge is 0.461 e. The Hall–Kier alpha value is -2.45. The number of nitrogens with one attached hydrogen (secondary N) is 1. The number of aromatic nitrogens is 2. The molecule has 2 bridgehead atoms. The molecule has 0 saturated heterocycles. The maximum atomic E-state index is 13.5. The summed E-state index contributed by atoms with van der Waals surface area (Å²) in [4.78, 5) is 46.9. The van der Waals surface area contributed by atoms with E-state index in [4.69, 9.17) is 4.74 Å². The number of Topliss-reactive ketones (excluding diaryl/α,β-unsaturated/α-hetero) is 1. The first-order valence-electron chi connectivity index (χ1n) is 14.0. The summed E-state index contributed by atoms with van der Waals surface area (Å²) in [6.07, 6.45) is 4.01. The molecule has 3 fully saturated rings. The van der Waals surface area contributed by atoms with Gasteiger partial charge in [0.2, 0.25) is 0 Å². The highest BCUT2D eigenvalue weighted by atomic mass is 32.2. The fourth-order valence-corrected chi connectivity index (χ4v) is 8.88. The van der Waals surface area contributed by atoms with Crippen molar-refractivity contribution in [3.63, 3.8) is 0 Å². The summed E-state index contributed by atoms with van der Waals surface area (Å²) in [5, 5.41) is 12.6. The topological polar surface area (TPSA) is 109 Å². The molecule has 0 radical (unpaired) electrons. The third-order valence-electron chi connectivity index (χ3n) is 10.8. The van der Waals surface area contributed by atoms with Gasteiger partial charge in [0.05, 0.1) is 22.8 Å². The number of carbonyl (C=O) groups is 2. The van der Waals surface area contributed by atoms with E-state index < -0.39 is 29.0 Å². The number of ether oxygens (including phenoxy) is 1. The zero-order valence-corrected chi connectivity index (χ0v) is 24.4. The average molecular weight is 553 g/mol. The van der Waals surface area contributed by atoms with E-state index in [-0.39, 0.29) is 40.3 Å². The van der Waals surface area contributed by atoms with Crippen molar-refractivity contribution in [2.45, 2.75) is 84.1 Å². The van der Waals surface area contributed by atoms with Crippen molar-refractivity contribution in [3.8, 4) is 0 Å². The van der Waals surface area contributed by atoms with E-state index in [0.717, 1.165) is 36.6 Å². The van der Waals surface area contributed by atoms with Crippen molar-refractivity contribution in [2.24, 2.45) is 34.0 Å². The van der Waals surface area contributed by atoms with Crippen molar-refractivity contribution in [1.82, 2.24) is 9.97 Å². The minimum Gasteiger partial charge on any atom is -0.461 e. The molecule has 3 aliphatic carbocycles. The number of hydrogen-bond donors (Lipinski definition) is 2. The predicted octanol–water partition coefficient (Wildman–Crippen LogP) is 5.23. The zero-order chi connectivity index (χ0) is 28.3. The SMILES string of the molecule is C=C[C@]1(C)C[C@@H](OC(=O)CSc2nc3cccc(C)c3c(=O)[nH]2)[C@]2(C)[C@H](C)CC[C@]3(CCC(=O)[C@H]32)[C@@H](C)[C@@H]1O. The minimum atomic E-state index is -0.702. The van der Waals surface area contributed by atoms with Crippen LogP contribution in [0.25, 0.3) is 10.9 Å². The zero-order valence-electron chi connectivity index (χ0n) is 23.6. The Morgan fingerprint density at radius 2 is 2.03 bits per heavy atom. The molecular weight excluding hydrogens is 512 g/mol. The molecule has 1 heterocycles. The Labute approximate surface area is 234 Å². The van der Waals surface area contributed by atoms with Crippen molar-refractivity contribution in [3.05, 3.63) is 46.8 Å². The number of aromatic amines is 1. The van der Waals surface area contributed by atoms with Crippen LogP contribution in [0.4, 0.5) is 0 Å². The Morgan fingerprint density at radius 3 is 2.74 bits per heavy atom. The van der Waals surface area contributed by atoms with E-state index in [1.807, 2.05) is 26.0 Å². The maximum Gasteiger partial charge on any atom is 0.316 e. The molecule has 0 unspecified atom stereocenters. The fraction of sp³-hybridized carbons (Fsp3) is 0.613. The first kappa shape index (κ1) is 28.1. The van der Waals surface area contributed by atoms with Gasteiger partial charge < -0.3 is 14.8 Å². The van der Waals surface area contributed by atoms with Gasteiger partial charge in [0.25, 0.3) is 5.56 Å². The van der Waals surface area contributed by atoms with Crippen LogP contribution in [0, 0.1) is 40.9 Å². The lowest BCUT2D eigenvalue weighted by Crippen LogP contribution is -2.63. The van der Waals surface area contributed by atoms with Crippen molar-refractivity contribution in [2.75, 3.05) is 5.75 Å². The molecule has 210 valence electrons. The molecule has 2 N–H and O–H groups in total. The van der Waals surface area contributed by atoms with Gasteiger partial charge in [0, 0.05) is 23.2 Å². The number of thioether (sulfide) groups is 1. The molecule has 39 heavy (non-hydrogen) atoms. The summed E-state index contributed by atoms with van der Waals surface area (Å²) in [7, 11) is 0. The minimum absolute atomic E-state index is 0.0330. The molecule has 1 aromatic heterocycles. The van der Waals surface area contributed by atoms with E-state index in [1.54, 1.807) is 12.1 Å². The predicted molar refractivity (Wildman–Crippen MR) is 152 cm³/mol. The number of fused-ring (bicyclic) bond motifs is 1. The Kier molecular flexibility index (Phi) is 7.11. The highest BCUT2D eigenvalue weighted by molar-refractivity contribution is 7.99. The second-order valence-electron chi connectivity index (χ2n) is 12.7. The first-order valence-corrected chi connectivity index (χ1v) is 15.0.